The lowest BCUT2D eigenvalue weighted by molar-refractivity contribution is -0.141. The van der Waals surface area contributed by atoms with Gasteiger partial charge in [-0.3, -0.25) is 14.4 Å². The molecule has 2 amide bonds. The highest BCUT2D eigenvalue weighted by molar-refractivity contribution is 7.08. The Balaban J connectivity index is 0.000000210. The van der Waals surface area contributed by atoms with Crippen molar-refractivity contribution in [2.45, 2.75) is 44.4 Å². The van der Waals surface area contributed by atoms with Gasteiger partial charge in [-0.25, -0.2) is 10.1 Å². The predicted octanol–water partition coefficient (Wildman–Crippen LogP) is 4.81. The third kappa shape index (κ3) is 9.59. The zero-order valence-electron chi connectivity index (χ0n) is 25.0. The minimum absolute atomic E-state index is 0.0674. The number of hydrogen-bond donors (Lipinski definition) is 2. The molecule has 1 aliphatic rings. The first kappa shape index (κ1) is 33.6. The fourth-order valence-electron chi connectivity index (χ4n) is 4.89. The number of carbonyl (C=O) groups is 2. The highest BCUT2D eigenvalue weighted by Crippen LogP contribution is 2.31. The second-order valence-corrected chi connectivity index (χ2v) is 11.9. The third-order valence-electron chi connectivity index (χ3n) is 7.27. The number of carbonyl (C=O) groups excluding carboxylic acids is 2. The number of aromatic nitrogens is 3. The molecule has 0 atom stereocenters. The first-order valence-corrected chi connectivity index (χ1v) is 15.2. The van der Waals surface area contributed by atoms with E-state index in [1.165, 1.54) is 41.7 Å². The molecular formula is C31H35F3N6O4S. The van der Waals surface area contributed by atoms with Gasteiger partial charge in [0.15, 0.2) is 0 Å². The highest BCUT2D eigenvalue weighted by atomic mass is 32.1. The van der Waals surface area contributed by atoms with Crippen molar-refractivity contribution in [3.05, 3.63) is 86.1 Å². The SMILES string of the molecule is CN(C)CCCC(=O)N1CCC(c2n[nH]c(=O)s2)CC1.NC(=O)c1ccc(OCc2cc(C(F)(F)F)nc3ccccc23)cc1. The molecule has 0 bridgehead atoms. The summed E-state index contributed by atoms with van der Waals surface area (Å²) >= 11 is 1.19. The van der Waals surface area contributed by atoms with Gasteiger partial charge in [0.2, 0.25) is 11.8 Å². The molecular weight excluding hydrogens is 609 g/mol. The molecule has 4 aromatic rings. The van der Waals surface area contributed by atoms with Crippen molar-refractivity contribution >= 4 is 34.1 Å². The van der Waals surface area contributed by atoms with E-state index in [0.29, 0.717) is 34.6 Å². The fourth-order valence-corrected chi connectivity index (χ4v) is 5.66. The number of nitrogens with one attached hydrogen (secondary N) is 1. The van der Waals surface area contributed by atoms with E-state index in [-0.39, 0.29) is 22.9 Å². The number of aromatic amines is 1. The number of nitrogens with zero attached hydrogens (tertiary/aromatic N) is 4. The fraction of sp³-hybridized carbons (Fsp3) is 0.387. The van der Waals surface area contributed by atoms with E-state index in [1.54, 1.807) is 18.2 Å². The second-order valence-electron chi connectivity index (χ2n) is 10.9. The molecule has 0 unspecified atom stereocenters. The average molecular weight is 645 g/mol. The van der Waals surface area contributed by atoms with Crippen LogP contribution in [0.2, 0.25) is 0 Å². The number of alkyl halides is 3. The smallest absolute Gasteiger partial charge is 0.433 e. The van der Waals surface area contributed by atoms with Crippen LogP contribution in [-0.4, -0.2) is 70.5 Å². The van der Waals surface area contributed by atoms with Crippen LogP contribution in [0, 0.1) is 0 Å². The van der Waals surface area contributed by atoms with Crippen LogP contribution in [0.5, 0.6) is 5.75 Å². The van der Waals surface area contributed by atoms with Crippen molar-refractivity contribution in [1.82, 2.24) is 25.0 Å². The molecule has 2 aromatic carbocycles. The van der Waals surface area contributed by atoms with Crippen molar-refractivity contribution in [3.63, 3.8) is 0 Å². The number of nitrogens with two attached hydrogens (primary N) is 1. The Bertz CT molecular complexity index is 1650. The summed E-state index contributed by atoms with van der Waals surface area (Å²) in [4.78, 5) is 41.8. The second kappa shape index (κ2) is 15.1. The van der Waals surface area contributed by atoms with Crippen molar-refractivity contribution in [3.8, 4) is 5.75 Å². The topological polar surface area (TPSA) is 135 Å². The summed E-state index contributed by atoms with van der Waals surface area (Å²) in [6, 6.07) is 13.6. The van der Waals surface area contributed by atoms with E-state index in [9.17, 15) is 27.6 Å². The quantitative estimate of drug-likeness (QED) is 0.267. The number of amides is 2. The van der Waals surface area contributed by atoms with Crippen LogP contribution in [-0.2, 0) is 17.6 Å². The third-order valence-corrected chi connectivity index (χ3v) is 8.18. The average Bonchev–Trinajstić information content (AvgIpc) is 3.45. The minimum Gasteiger partial charge on any atom is -0.489 e. The number of pyridine rings is 1. The highest BCUT2D eigenvalue weighted by Gasteiger charge is 2.33. The summed E-state index contributed by atoms with van der Waals surface area (Å²) in [6.45, 7) is 2.43. The number of hydrogen-bond acceptors (Lipinski definition) is 8. The number of H-pyrrole nitrogens is 1. The number of piperidine rings is 1. The molecule has 2 aromatic heterocycles. The monoisotopic (exact) mass is 644 g/mol. The summed E-state index contributed by atoms with van der Waals surface area (Å²) in [5.74, 6) is 0.422. The summed E-state index contributed by atoms with van der Waals surface area (Å²) < 4.78 is 44.7. The number of fused-ring (bicyclic) bond motifs is 1. The Hall–Kier alpha value is -4.30. The summed E-state index contributed by atoms with van der Waals surface area (Å²) in [5.41, 5.74) is 5.13. The van der Waals surface area contributed by atoms with Gasteiger partial charge >= 0.3 is 11.0 Å². The maximum Gasteiger partial charge on any atom is 0.433 e. The molecule has 10 nitrogen and oxygen atoms in total. The van der Waals surface area contributed by atoms with Crippen LogP contribution in [0.15, 0.2) is 59.4 Å². The molecule has 0 spiro atoms. The molecule has 240 valence electrons. The number of halogens is 3. The van der Waals surface area contributed by atoms with E-state index in [0.717, 1.165) is 50.0 Å². The number of benzene rings is 2. The Morgan fingerprint density at radius 2 is 1.80 bits per heavy atom. The molecule has 3 heterocycles. The van der Waals surface area contributed by atoms with Gasteiger partial charge in [-0.2, -0.15) is 18.3 Å². The normalized spacial score (nSPS) is 13.9. The lowest BCUT2D eigenvalue weighted by atomic mass is 9.97. The Morgan fingerprint density at radius 1 is 1.11 bits per heavy atom. The molecule has 5 rings (SSSR count). The Morgan fingerprint density at radius 3 is 2.40 bits per heavy atom. The maximum absolute atomic E-state index is 13.0. The molecule has 0 aliphatic carbocycles. The van der Waals surface area contributed by atoms with Crippen LogP contribution in [0.1, 0.15) is 58.2 Å². The summed E-state index contributed by atoms with van der Waals surface area (Å²) in [7, 11) is 4.04. The largest absolute Gasteiger partial charge is 0.489 e. The molecule has 3 N–H and O–H groups in total. The number of rotatable bonds is 9. The van der Waals surface area contributed by atoms with Crippen LogP contribution in [0.25, 0.3) is 10.9 Å². The summed E-state index contributed by atoms with van der Waals surface area (Å²) in [5, 5.41) is 7.99. The van der Waals surface area contributed by atoms with Gasteiger partial charge in [0.25, 0.3) is 0 Å². The van der Waals surface area contributed by atoms with E-state index >= 15 is 0 Å². The van der Waals surface area contributed by atoms with Crippen LogP contribution in [0.4, 0.5) is 13.2 Å². The minimum atomic E-state index is -4.54. The molecule has 1 fully saturated rings. The lowest BCUT2D eigenvalue weighted by Gasteiger charge is -2.31. The number of ether oxygens (including phenoxy) is 1. The lowest BCUT2D eigenvalue weighted by Crippen LogP contribution is -2.38. The predicted molar refractivity (Wildman–Crippen MR) is 165 cm³/mol. The summed E-state index contributed by atoms with van der Waals surface area (Å²) in [6.07, 6.45) is -1.20. The van der Waals surface area contributed by atoms with Crippen molar-refractivity contribution in [1.29, 1.82) is 0 Å². The van der Waals surface area contributed by atoms with Crippen LogP contribution >= 0.6 is 11.3 Å². The van der Waals surface area contributed by atoms with Crippen molar-refractivity contribution < 1.29 is 27.5 Å². The Kier molecular flexibility index (Phi) is 11.3. The van der Waals surface area contributed by atoms with Crippen molar-refractivity contribution in [2.24, 2.45) is 5.73 Å². The number of para-hydroxylation sites is 1. The standard InChI is InChI=1S/C18H13F3N2O2.C13H22N4O2S/c19-18(20,21)16-9-12(14-3-1-2-4-15(14)23-16)10-25-13-7-5-11(6-8-13)17(22)24;1-16(2)7-3-4-11(18)17-8-5-10(6-9-17)12-14-15-13(19)20-12/h1-9H,10H2,(H2,22,24);10H,3-9H2,1-2H3,(H,15,19). The number of likely N-dealkylation sites (tertiary alicyclic amines) is 1. The van der Waals surface area contributed by atoms with Crippen molar-refractivity contribution in [2.75, 3.05) is 33.7 Å². The maximum atomic E-state index is 13.0. The molecule has 0 saturated carbocycles. The molecule has 1 saturated heterocycles. The molecule has 14 heteroatoms. The molecule has 45 heavy (non-hydrogen) atoms. The van der Waals surface area contributed by atoms with Gasteiger partial charge in [-0.1, -0.05) is 29.5 Å². The van der Waals surface area contributed by atoms with Gasteiger partial charge in [-0.05, 0) is 76.3 Å². The zero-order valence-corrected chi connectivity index (χ0v) is 25.8. The molecule has 0 radical (unpaired) electrons. The van der Waals surface area contributed by atoms with Gasteiger partial charge in [0.1, 0.15) is 23.1 Å². The van der Waals surface area contributed by atoms with Crippen LogP contribution < -0.4 is 15.3 Å². The first-order valence-electron chi connectivity index (χ1n) is 14.4. The first-order chi connectivity index (χ1) is 21.4. The van der Waals surface area contributed by atoms with Crippen LogP contribution in [0.3, 0.4) is 0 Å². The van der Waals surface area contributed by atoms with Gasteiger partial charge in [-0.15, -0.1) is 0 Å². The number of primary amides is 1. The zero-order chi connectivity index (χ0) is 32.6. The van der Waals surface area contributed by atoms with Gasteiger partial charge in [0, 0.05) is 41.9 Å². The molecule has 1 aliphatic heterocycles. The van der Waals surface area contributed by atoms with Gasteiger partial charge < -0.3 is 20.3 Å². The Labute approximate surface area is 262 Å². The van der Waals surface area contributed by atoms with E-state index in [2.05, 4.69) is 20.1 Å². The van der Waals surface area contributed by atoms with Gasteiger partial charge in [0.05, 0.1) is 5.52 Å². The van der Waals surface area contributed by atoms with E-state index in [1.807, 2.05) is 19.0 Å². The van der Waals surface area contributed by atoms with E-state index in [4.69, 9.17) is 10.5 Å². The van der Waals surface area contributed by atoms with E-state index < -0.39 is 17.8 Å².